The lowest BCUT2D eigenvalue weighted by molar-refractivity contribution is 0.303. The third-order valence-electron chi connectivity index (χ3n) is 1.62. The molecule has 0 spiro atoms. The highest BCUT2D eigenvalue weighted by atomic mass is 35.5. The van der Waals surface area contributed by atoms with E-state index in [0.29, 0.717) is 21.9 Å². The molecule has 64 valence electrons. The van der Waals surface area contributed by atoms with Gasteiger partial charge >= 0.3 is 0 Å². The minimum Gasteiger partial charge on any atom is -0.487 e. The summed E-state index contributed by atoms with van der Waals surface area (Å²) < 4.78 is 5.48. The molecule has 4 heteroatoms. The molecule has 12 heavy (non-hydrogen) atoms. The molecule has 1 aromatic rings. The average molecular weight is 204 g/mol. The maximum atomic E-state index is 5.83. The second kappa shape index (κ2) is 3.11. The second-order valence-corrected chi connectivity index (χ2v) is 3.56. The topological polar surface area (TPSA) is 22.1 Å². The minimum absolute atomic E-state index is 0.308. The second-order valence-electron chi connectivity index (χ2n) is 2.75. The number of nitrogens with zero attached hydrogens (tertiary/aromatic N) is 1. The van der Waals surface area contributed by atoms with Gasteiger partial charge in [0.05, 0.1) is 6.10 Å². The van der Waals surface area contributed by atoms with Crippen molar-refractivity contribution in [3.8, 4) is 5.75 Å². The zero-order chi connectivity index (χ0) is 8.55. The zero-order valence-electron chi connectivity index (χ0n) is 6.26. The van der Waals surface area contributed by atoms with Crippen LogP contribution in [0.4, 0.5) is 0 Å². The van der Waals surface area contributed by atoms with Crippen LogP contribution in [0, 0.1) is 0 Å². The smallest absolute Gasteiger partial charge is 0.160 e. The van der Waals surface area contributed by atoms with E-state index in [0.717, 1.165) is 12.8 Å². The van der Waals surface area contributed by atoms with E-state index >= 15 is 0 Å². The van der Waals surface area contributed by atoms with Crippen molar-refractivity contribution < 1.29 is 4.74 Å². The van der Waals surface area contributed by atoms with Crippen LogP contribution in [-0.4, -0.2) is 11.1 Å². The first kappa shape index (κ1) is 8.14. The van der Waals surface area contributed by atoms with Gasteiger partial charge in [0.25, 0.3) is 0 Å². The fourth-order valence-electron chi connectivity index (χ4n) is 0.865. The van der Waals surface area contributed by atoms with Gasteiger partial charge < -0.3 is 4.74 Å². The monoisotopic (exact) mass is 203 g/mol. The Morgan fingerprint density at radius 2 is 1.83 bits per heavy atom. The first-order valence-corrected chi connectivity index (χ1v) is 4.48. The Kier molecular flexibility index (Phi) is 2.11. The molecule has 1 fully saturated rings. The van der Waals surface area contributed by atoms with Crippen LogP contribution in [0.1, 0.15) is 12.8 Å². The fraction of sp³-hybridized carbons (Fsp3) is 0.375. The Balaban J connectivity index is 2.26. The van der Waals surface area contributed by atoms with E-state index in [4.69, 9.17) is 27.9 Å². The summed E-state index contributed by atoms with van der Waals surface area (Å²) in [6.45, 7) is 0. The first-order valence-electron chi connectivity index (χ1n) is 3.73. The van der Waals surface area contributed by atoms with Crippen LogP contribution in [0.2, 0.25) is 10.0 Å². The number of hydrogen-bond acceptors (Lipinski definition) is 2. The van der Waals surface area contributed by atoms with Crippen molar-refractivity contribution in [3.05, 3.63) is 22.4 Å². The standard InChI is InChI=1S/C8H7Cl2NO/c9-6-3-11-4-7(10)8(6)12-5-1-2-5/h3-5H,1-2H2. The first-order chi connectivity index (χ1) is 5.77. The van der Waals surface area contributed by atoms with Gasteiger partial charge in [0.1, 0.15) is 10.0 Å². The van der Waals surface area contributed by atoms with Crippen molar-refractivity contribution in [2.24, 2.45) is 0 Å². The van der Waals surface area contributed by atoms with Crippen molar-refractivity contribution in [1.82, 2.24) is 4.98 Å². The van der Waals surface area contributed by atoms with Crippen LogP contribution in [0.3, 0.4) is 0 Å². The van der Waals surface area contributed by atoms with Gasteiger partial charge in [-0.1, -0.05) is 23.2 Å². The summed E-state index contributed by atoms with van der Waals surface area (Å²) in [6, 6.07) is 0. The number of aromatic nitrogens is 1. The molecule has 0 aromatic carbocycles. The number of ether oxygens (including phenoxy) is 1. The molecule has 2 nitrogen and oxygen atoms in total. The molecule has 1 aliphatic rings. The van der Waals surface area contributed by atoms with Crippen molar-refractivity contribution in [1.29, 1.82) is 0 Å². The molecule has 1 aliphatic carbocycles. The highest BCUT2D eigenvalue weighted by Crippen LogP contribution is 2.36. The molecule has 0 unspecified atom stereocenters. The summed E-state index contributed by atoms with van der Waals surface area (Å²) >= 11 is 11.7. The van der Waals surface area contributed by atoms with E-state index in [1.807, 2.05) is 0 Å². The molecule has 0 amide bonds. The van der Waals surface area contributed by atoms with E-state index in [1.54, 1.807) is 0 Å². The van der Waals surface area contributed by atoms with E-state index in [1.165, 1.54) is 12.4 Å². The Labute approximate surface area is 80.5 Å². The van der Waals surface area contributed by atoms with Gasteiger partial charge in [-0.15, -0.1) is 0 Å². The normalized spacial score (nSPS) is 16.2. The molecule has 1 heterocycles. The molecule has 0 N–H and O–H groups in total. The van der Waals surface area contributed by atoms with Crippen LogP contribution in [0.15, 0.2) is 12.4 Å². The Bertz CT molecular complexity index is 279. The molecular formula is C8H7Cl2NO. The van der Waals surface area contributed by atoms with Crippen LogP contribution in [0.25, 0.3) is 0 Å². The SMILES string of the molecule is Clc1cncc(Cl)c1OC1CC1. The van der Waals surface area contributed by atoms with Gasteiger partial charge in [-0.25, -0.2) is 0 Å². The van der Waals surface area contributed by atoms with Crippen LogP contribution in [-0.2, 0) is 0 Å². The summed E-state index contributed by atoms with van der Waals surface area (Å²) in [5, 5.41) is 0.962. The average Bonchev–Trinajstić information content (AvgIpc) is 2.80. The lowest BCUT2D eigenvalue weighted by atomic mass is 10.4. The Morgan fingerprint density at radius 1 is 1.25 bits per heavy atom. The highest BCUT2D eigenvalue weighted by Gasteiger charge is 2.25. The molecule has 1 aromatic heterocycles. The minimum atomic E-state index is 0.308. The maximum absolute atomic E-state index is 5.83. The summed E-state index contributed by atoms with van der Waals surface area (Å²) in [5.74, 6) is 0.566. The summed E-state index contributed by atoms with van der Waals surface area (Å²) in [5.41, 5.74) is 0. The van der Waals surface area contributed by atoms with Gasteiger partial charge in [-0.3, -0.25) is 4.98 Å². The fourth-order valence-corrected chi connectivity index (χ4v) is 1.32. The van der Waals surface area contributed by atoms with Crippen molar-refractivity contribution in [2.45, 2.75) is 18.9 Å². The van der Waals surface area contributed by atoms with Gasteiger partial charge in [0, 0.05) is 12.4 Å². The molecule has 2 rings (SSSR count). The van der Waals surface area contributed by atoms with E-state index < -0.39 is 0 Å². The summed E-state index contributed by atoms with van der Waals surface area (Å²) in [7, 11) is 0. The number of halogens is 2. The molecule has 0 aliphatic heterocycles. The molecule has 0 radical (unpaired) electrons. The molecule has 0 saturated heterocycles. The van der Waals surface area contributed by atoms with Gasteiger partial charge in [-0.05, 0) is 12.8 Å². The zero-order valence-corrected chi connectivity index (χ0v) is 7.77. The number of rotatable bonds is 2. The van der Waals surface area contributed by atoms with E-state index in [2.05, 4.69) is 4.98 Å². The molecular weight excluding hydrogens is 197 g/mol. The highest BCUT2D eigenvalue weighted by molar-refractivity contribution is 6.36. The van der Waals surface area contributed by atoms with Crippen LogP contribution in [0.5, 0.6) is 5.75 Å². The van der Waals surface area contributed by atoms with Gasteiger partial charge in [-0.2, -0.15) is 0 Å². The maximum Gasteiger partial charge on any atom is 0.160 e. The largest absolute Gasteiger partial charge is 0.487 e. The van der Waals surface area contributed by atoms with Gasteiger partial charge in [0.15, 0.2) is 5.75 Å². The predicted molar refractivity (Wildman–Crippen MR) is 47.9 cm³/mol. The summed E-state index contributed by atoms with van der Waals surface area (Å²) in [4.78, 5) is 3.83. The van der Waals surface area contributed by atoms with Crippen LogP contribution < -0.4 is 4.74 Å². The predicted octanol–water partition coefficient (Wildman–Crippen LogP) is 2.93. The van der Waals surface area contributed by atoms with E-state index in [-0.39, 0.29) is 0 Å². The Morgan fingerprint density at radius 3 is 2.33 bits per heavy atom. The summed E-state index contributed by atoms with van der Waals surface area (Å²) in [6.07, 6.45) is 5.56. The number of hydrogen-bond donors (Lipinski definition) is 0. The third-order valence-corrected chi connectivity index (χ3v) is 2.16. The number of pyridine rings is 1. The third kappa shape index (κ3) is 1.65. The quantitative estimate of drug-likeness (QED) is 0.738. The lowest BCUT2D eigenvalue weighted by Crippen LogP contribution is -1.97. The lowest BCUT2D eigenvalue weighted by Gasteiger charge is -2.06. The van der Waals surface area contributed by atoms with Crippen molar-refractivity contribution in [2.75, 3.05) is 0 Å². The molecule has 0 atom stereocenters. The van der Waals surface area contributed by atoms with Crippen LogP contribution >= 0.6 is 23.2 Å². The van der Waals surface area contributed by atoms with Gasteiger partial charge in [0.2, 0.25) is 0 Å². The molecule has 0 bridgehead atoms. The molecule has 1 saturated carbocycles. The van der Waals surface area contributed by atoms with E-state index in [9.17, 15) is 0 Å². The van der Waals surface area contributed by atoms with Crippen molar-refractivity contribution in [3.63, 3.8) is 0 Å². The van der Waals surface area contributed by atoms with Crippen molar-refractivity contribution >= 4 is 23.2 Å². The Hall–Kier alpha value is -0.470.